The molecular formula is C13H13F3N6OS. The number of anilines is 3. The van der Waals surface area contributed by atoms with Crippen molar-refractivity contribution >= 4 is 35.3 Å². The molecule has 0 fully saturated rings. The fourth-order valence-electron chi connectivity index (χ4n) is 1.64. The Hall–Kier alpha value is -2.56. The highest BCUT2D eigenvalue weighted by atomic mass is 32.2. The molecule has 0 aliphatic carbocycles. The fraction of sp³-hybridized carbons (Fsp3) is 0.231. The maximum atomic E-state index is 12.5. The Labute approximate surface area is 139 Å². The smallest absolute Gasteiger partial charge is 0.368 e. The number of alkyl halides is 3. The summed E-state index contributed by atoms with van der Waals surface area (Å²) in [5.74, 6) is -0.571. The maximum absolute atomic E-state index is 12.5. The molecule has 0 bridgehead atoms. The van der Waals surface area contributed by atoms with Gasteiger partial charge in [-0.2, -0.15) is 28.1 Å². The molecule has 5 N–H and O–H groups in total. The quantitative estimate of drug-likeness (QED) is 0.716. The van der Waals surface area contributed by atoms with Crippen LogP contribution in [0.5, 0.6) is 0 Å². The van der Waals surface area contributed by atoms with Gasteiger partial charge in [-0.3, -0.25) is 4.79 Å². The van der Waals surface area contributed by atoms with Gasteiger partial charge in [0.1, 0.15) is 0 Å². The average molecular weight is 358 g/mol. The standard InChI is InChI=1S/C13H13F3N6OS/c1-6(24-12-21-10(17)20-11(18)22-12)9(23)19-8-4-2-7(3-5-8)13(14,15)16/h2-6H,1H3,(H,19,23)(H4,17,18,20,21,22)/t6-/m0/s1. The first-order valence-corrected chi connectivity index (χ1v) is 7.45. The molecule has 0 saturated heterocycles. The molecule has 2 aromatic rings. The van der Waals surface area contributed by atoms with Crippen molar-refractivity contribution in [3.8, 4) is 0 Å². The van der Waals surface area contributed by atoms with Gasteiger partial charge in [0.25, 0.3) is 0 Å². The molecule has 0 aliphatic rings. The number of carbonyl (C=O) groups excluding carboxylic acids is 1. The Kier molecular flexibility index (Phi) is 5.12. The van der Waals surface area contributed by atoms with Gasteiger partial charge >= 0.3 is 6.18 Å². The molecule has 128 valence electrons. The predicted molar refractivity (Wildman–Crippen MR) is 84.0 cm³/mol. The molecule has 1 atom stereocenters. The molecule has 0 unspecified atom stereocenters. The lowest BCUT2D eigenvalue weighted by Gasteiger charge is -2.12. The van der Waals surface area contributed by atoms with E-state index >= 15 is 0 Å². The highest BCUT2D eigenvalue weighted by molar-refractivity contribution is 8.00. The van der Waals surface area contributed by atoms with Crippen molar-refractivity contribution in [2.75, 3.05) is 16.8 Å². The number of nitrogens with zero attached hydrogens (tertiary/aromatic N) is 3. The first-order valence-electron chi connectivity index (χ1n) is 6.57. The SMILES string of the molecule is C[C@H](Sc1nc(N)nc(N)n1)C(=O)Nc1ccc(C(F)(F)F)cc1. The van der Waals surface area contributed by atoms with Gasteiger partial charge in [0.05, 0.1) is 10.8 Å². The minimum absolute atomic E-state index is 0.0691. The summed E-state index contributed by atoms with van der Waals surface area (Å²) < 4.78 is 37.5. The Bertz CT molecular complexity index is 717. The fourth-order valence-corrected chi connectivity index (χ4v) is 2.41. The number of rotatable bonds is 4. The number of aromatic nitrogens is 3. The molecule has 7 nitrogen and oxygen atoms in total. The van der Waals surface area contributed by atoms with Crippen LogP contribution in [0.4, 0.5) is 30.8 Å². The number of nitrogen functional groups attached to an aromatic ring is 2. The maximum Gasteiger partial charge on any atom is 0.416 e. The third-order valence-electron chi connectivity index (χ3n) is 2.78. The van der Waals surface area contributed by atoms with Crippen molar-refractivity contribution in [2.45, 2.75) is 23.5 Å². The minimum Gasteiger partial charge on any atom is -0.368 e. The molecule has 1 heterocycles. The number of benzene rings is 1. The third-order valence-corrected chi connectivity index (χ3v) is 3.74. The summed E-state index contributed by atoms with van der Waals surface area (Å²) in [5, 5.41) is 2.05. The summed E-state index contributed by atoms with van der Waals surface area (Å²) in [6.45, 7) is 1.58. The van der Waals surface area contributed by atoms with Gasteiger partial charge in [-0.05, 0) is 31.2 Å². The van der Waals surface area contributed by atoms with E-state index in [1.54, 1.807) is 6.92 Å². The van der Waals surface area contributed by atoms with Crippen LogP contribution in [-0.4, -0.2) is 26.1 Å². The highest BCUT2D eigenvalue weighted by Crippen LogP contribution is 2.30. The number of nitrogens with two attached hydrogens (primary N) is 2. The van der Waals surface area contributed by atoms with E-state index in [-0.39, 0.29) is 22.7 Å². The summed E-state index contributed by atoms with van der Waals surface area (Å²) in [4.78, 5) is 23.4. The molecule has 1 aromatic carbocycles. The van der Waals surface area contributed by atoms with Crippen molar-refractivity contribution in [3.63, 3.8) is 0 Å². The largest absolute Gasteiger partial charge is 0.416 e. The molecule has 1 aromatic heterocycles. The monoisotopic (exact) mass is 358 g/mol. The average Bonchev–Trinajstić information content (AvgIpc) is 2.45. The second-order valence-electron chi connectivity index (χ2n) is 4.66. The van der Waals surface area contributed by atoms with Gasteiger partial charge in [0, 0.05) is 5.69 Å². The zero-order valence-electron chi connectivity index (χ0n) is 12.3. The number of halogens is 3. The van der Waals surface area contributed by atoms with Crippen LogP contribution in [0.15, 0.2) is 29.4 Å². The molecule has 0 saturated carbocycles. The summed E-state index contributed by atoms with van der Waals surface area (Å²) in [7, 11) is 0. The van der Waals surface area contributed by atoms with Crippen LogP contribution < -0.4 is 16.8 Å². The van der Waals surface area contributed by atoms with E-state index in [2.05, 4.69) is 20.3 Å². The van der Waals surface area contributed by atoms with E-state index < -0.39 is 22.9 Å². The first kappa shape index (κ1) is 17.8. The van der Waals surface area contributed by atoms with Crippen molar-refractivity contribution in [3.05, 3.63) is 29.8 Å². The number of thioether (sulfide) groups is 1. The van der Waals surface area contributed by atoms with Gasteiger partial charge in [0.15, 0.2) is 5.16 Å². The third kappa shape index (κ3) is 4.72. The van der Waals surface area contributed by atoms with E-state index in [0.29, 0.717) is 0 Å². The number of carbonyl (C=O) groups is 1. The second-order valence-corrected chi connectivity index (χ2v) is 5.97. The lowest BCUT2D eigenvalue weighted by atomic mass is 10.2. The van der Waals surface area contributed by atoms with E-state index in [4.69, 9.17) is 11.5 Å². The van der Waals surface area contributed by atoms with Crippen LogP contribution in [0.25, 0.3) is 0 Å². The van der Waals surface area contributed by atoms with Crippen LogP contribution in [0.3, 0.4) is 0 Å². The lowest BCUT2D eigenvalue weighted by molar-refractivity contribution is -0.137. The van der Waals surface area contributed by atoms with Crippen molar-refractivity contribution in [1.82, 2.24) is 15.0 Å². The van der Waals surface area contributed by atoms with Gasteiger partial charge in [-0.15, -0.1) is 0 Å². The first-order chi connectivity index (χ1) is 11.1. The van der Waals surface area contributed by atoms with Crippen molar-refractivity contribution in [1.29, 1.82) is 0 Å². The van der Waals surface area contributed by atoms with Crippen molar-refractivity contribution in [2.24, 2.45) is 0 Å². The normalized spacial score (nSPS) is 12.7. The van der Waals surface area contributed by atoms with Gasteiger partial charge in [-0.1, -0.05) is 11.8 Å². The highest BCUT2D eigenvalue weighted by Gasteiger charge is 2.30. The van der Waals surface area contributed by atoms with Gasteiger partial charge in [-0.25, -0.2) is 0 Å². The molecule has 24 heavy (non-hydrogen) atoms. The van der Waals surface area contributed by atoms with E-state index in [1.165, 1.54) is 12.1 Å². The number of hydrogen-bond donors (Lipinski definition) is 3. The molecule has 0 spiro atoms. The number of nitrogens with one attached hydrogen (secondary N) is 1. The van der Waals surface area contributed by atoms with Crippen LogP contribution in [0.2, 0.25) is 0 Å². The molecule has 2 rings (SSSR count). The zero-order valence-corrected chi connectivity index (χ0v) is 13.1. The summed E-state index contributed by atoms with van der Waals surface area (Å²) in [6.07, 6.45) is -4.43. The van der Waals surface area contributed by atoms with Crippen LogP contribution in [0.1, 0.15) is 12.5 Å². The van der Waals surface area contributed by atoms with Crippen molar-refractivity contribution < 1.29 is 18.0 Å². The van der Waals surface area contributed by atoms with Crippen LogP contribution in [-0.2, 0) is 11.0 Å². The summed E-state index contributed by atoms with van der Waals surface area (Å²) >= 11 is 0.992. The van der Waals surface area contributed by atoms with E-state index in [1.807, 2.05) is 0 Å². The molecule has 0 aliphatic heterocycles. The van der Waals surface area contributed by atoms with Gasteiger partial charge in [0.2, 0.25) is 17.8 Å². The Morgan fingerprint density at radius 3 is 2.17 bits per heavy atom. The zero-order chi connectivity index (χ0) is 17.9. The van der Waals surface area contributed by atoms with Gasteiger partial charge < -0.3 is 16.8 Å². The molecular weight excluding hydrogens is 345 g/mol. The predicted octanol–water partition coefficient (Wildman–Crippen LogP) is 2.17. The Morgan fingerprint density at radius 1 is 1.12 bits per heavy atom. The second kappa shape index (κ2) is 6.91. The summed E-state index contributed by atoms with van der Waals surface area (Å²) in [6, 6.07) is 4.13. The Morgan fingerprint density at radius 2 is 1.67 bits per heavy atom. The van der Waals surface area contributed by atoms with E-state index in [9.17, 15) is 18.0 Å². The summed E-state index contributed by atoms with van der Waals surface area (Å²) in [5.41, 5.74) is 10.3. The number of hydrogen-bond acceptors (Lipinski definition) is 7. The molecule has 11 heteroatoms. The van der Waals surface area contributed by atoms with E-state index in [0.717, 1.165) is 23.9 Å². The topological polar surface area (TPSA) is 120 Å². The minimum atomic E-state index is -4.43. The Balaban J connectivity index is 2.01. The lowest BCUT2D eigenvalue weighted by Crippen LogP contribution is -2.23. The molecule has 1 amide bonds. The van der Waals surface area contributed by atoms with Crippen LogP contribution in [0, 0.1) is 0 Å². The number of amides is 1. The molecule has 0 radical (unpaired) electrons. The van der Waals surface area contributed by atoms with Crippen LogP contribution >= 0.6 is 11.8 Å².